The molecular formula is C21H24BrF2N3O5S. The SMILES string of the molecule is C[C@@H]1CN(Cc2ccc(F)c(F)c2)[C@@H](C)CN1C(=O)COc1ncc(Br)cc1CS(=O)(=O)O. The molecule has 2 atom stereocenters. The summed E-state index contributed by atoms with van der Waals surface area (Å²) in [5.74, 6) is -2.84. The van der Waals surface area contributed by atoms with Gasteiger partial charge in [0.05, 0.1) is 0 Å². The van der Waals surface area contributed by atoms with Crippen molar-refractivity contribution in [3.8, 4) is 5.88 Å². The number of amides is 1. The Hall–Kier alpha value is -2.15. The molecule has 0 unspecified atom stereocenters. The molecule has 1 aliphatic heterocycles. The Morgan fingerprint density at radius 1 is 1.21 bits per heavy atom. The molecule has 3 rings (SSSR count). The second-order valence-corrected chi connectivity index (χ2v) is 10.4. The zero-order valence-corrected chi connectivity index (χ0v) is 20.4. The summed E-state index contributed by atoms with van der Waals surface area (Å²) in [6, 6.07) is 5.05. The summed E-state index contributed by atoms with van der Waals surface area (Å²) in [4.78, 5) is 20.6. The minimum Gasteiger partial charge on any atom is -0.467 e. The number of carbonyl (C=O) groups excluding carboxylic acids is 1. The minimum absolute atomic E-state index is 0.0424. The zero-order valence-electron chi connectivity index (χ0n) is 18.0. The number of halogens is 3. The molecule has 1 aromatic heterocycles. The van der Waals surface area contributed by atoms with Gasteiger partial charge in [-0.05, 0) is 53.5 Å². The minimum atomic E-state index is -4.31. The Bertz CT molecular complexity index is 1130. The summed E-state index contributed by atoms with van der Waals surface area (Å²) in [5.41, 5.74) is 0.765. The van der Waals surface area contributed by atoms with Crippen LogP contribution in [0.3, 0.4) is 0 Å². The molecule has 1 saturated heterocycles. The summed E-state index contributed by atoms with van der Waals surface area (Å²) in [6.45, 7) is 4.81. The Kier molecular flexibility index (Phi) is 8.04. The maximum atomic E-state index is 13.5. The summed E-state index contributed by atoms with van der Waals surface area (Å²) >= 11 is 3.18. The highest BCUT2D eigenvalue weighted by atomic mass is 79.9. The van der Waals surface area contributed by atoms with E-state index in [0.29, 0.717) is 29.7 Å². The summed E-state index contributed by atoms with van der Waals surface area (Å²) in [7, 11) is -4.31. The predicted octanol–water partition coefficient (Wildman–Crippen LogP) is 3.01. The largest absolute Gasteiger partial charge is 0.467 e. The molecular weight excluding hydrogens is 524 g/mol. The highest BCUT2D eigenvalue weighted by molar-refractivity contribution is 9.10. The Morgan fingerprint density at radius 3 is 2.61 bits per heavy atom. The highest BCUT2D eigenvalue weighted by Crippen LogP contribution is 2.23. The molecule has 180 valence electrons. The van der Waals surface area contributed by atoms with Gasteiger partial charge in [0, 0.05) is 48.0 Å². The molecule has 0 aliphatic carbocycles. The predicted molar refractivity (Wildman–Crippen MR) is 120 cm³/mol. The van der Waals surface area contributed by atoms with E-state index in [1.165, 1.54) is 24.4 Å². The van der Waals surface area contributed by atoms with Crippen LogP contribution >= 0.6 is 15.9 Å². The fourth-order valence-electron chi connectivity index (χ4n) is 3.75. The van der Waals surface area contributed by atoms with E-state index in [-0.39, 0.29) is 36.0 Å². The van der Waals surface area contributed by atoms with E-state index in [1.54, 1.807) is 4.90 Å². The van der Waals surface area contributed by atoms with Crippen molar-refractivity contribution in [2.24, 2.45) is 0 Å². The van der Waals surface area contributed by atoms with Crippen LogP contribution in [0.4, 0.5) is 8.78 Å². The third-order valence-corrected chi connectivity index (χ3v) is 6.48. The number of nitrogens with zero attached hydrogens (tertiary/aromatic N) is 3. The van der Waals surface area contributed by atoms with Gasteiger partial charge < -0.3 is 9.64 Å². The third kappa shape index (κ3) is 6.92. The number of hydrogen-bond donors (Lipinski definition) is 1. The van der Waals surface area contributed by atoms with Gasteiger partial charge in [-0.1, -0.05) is 6.07 Å². The average molecular weight is 548 g/mol. The van der Waals surface area contributed by atoms with E-state index in [0.717, 1.165) is 6.07 Å². The van der Waals surface area contributed by atoms with Crippen molar-refractivity contribution in [1.82, 2.24) is 14.8 Å². The Balaban J connectivity index is 1.62. The molecule has 1 aliphatic rings. The van der Waals surface area contributed by atoms with E-state index in [9.17, 15) is 22.0 Å². The summed E-state index contributed by atoms with van der Waals surface area (Å²) in [6.07, 6.45) is 1.40. The van der Waals surface area contributed by atoms with Crippen LogP contribution < -0.4 is 4.74 Å². The molecule has 1 N–H and O–H groups in total. The molecule has 1 fully saturated rings. The maximum Gasteiger partial charge on any atom is 0.269 e. The van der Waals surface area contributed by atoms with Gasteiger partial charge >= 0.3 is 0 Å². The number of ether oxygens (including phenoxy) is 1. The van der Waals surface area contributed by atoms with Crippen LogP contribution in [0.2, 0.25) is 0 Å². The normalized spacial score (nSPS) is 19.5. The van der Waals surface area contributed by atoms with Crippen molar-refractivity contribution in [2.45, 2.75) is 38.2 Å². The fraction of sp³-hybridized carbons (Fsp3) is 0.429. The van der Waals surface area contributed by atoms with Crippen molar-refractivity contribution >= 4 is 32.0 Å². The number of aromatic nitrogens is 1. The van der Waals surface area contributed by atoms with Crippen LogP contribution in [0.25, 0.3) is 0 Å². The van der Waals surface area contributed by atoms with Crippen molar-refractivity contribution < 1.29 is 31.3 Å². The number of benzene rings is 1. The average Bonchev–Trinajstić information content (AvgIpc) is 2.71. The number of carbonyl (C=O) groups is 1. The van der Waals surface area contributed by atoms with E-state index in [4.69, 9.17) is 9.29 Å². The first-order valence-corrected chi connectivity index (χ1v) is 12.5. The lowest BCUT2D eigenvalue weighted by Gasteiger charge is -2.44. The first-order chi connectivity index (χ1) is 15.4. The van der Waals surface area contributed by atoms with Crippen LogP contribution in [-0.4, -0.2) is 65.4 Å². The van der Waals surface area contributed by atoms with Crippen LogP contribution in [0.1, 0.15) is 25.0 Å². The number of rotatable bonds is 7. The van der Waals surface area contributed by atoms with Crippen LogP contribution in [0, 0.1) is 11.6 Å². The Morgan fingerprint density at radius 2 is 1.94 bits per heavy atom. The van der Waals surface area contributed by atoms with E-state index >= 15 is 0 Å². The van der Waals surface area contributed by atoms with Gasteiger partial charge in [-0.25, -0.2) is 13.8 Å². The van der Waals surface area contributed by atoms with Crippen LogP contribution in [0.5, 0.6) is 5.88 Å². The Labute approximate surface area is 199 Å². The molecule has 2 aromatic rings. The van der Waals surface area contributed by atoms with Crippen LogP contribution in [0.15, 0.2) is 34.9 Å². The standard InChI is InChI=1S/C21H24BrF2N3O5S/c1-13-9-27(14(2)8-26(13)10-15-3-4-18(23)19(24)5-15)20(28)11-32-21-16(12-33(29,30)31)6-17(22)7-25-21/h3-7,13-14H,8-12H2,1-2H3,(H,29,30,31)/t13-,14+/m0/s1. The van der Waals surface area contributed by atoms with Gasteiger partial charge in [0.25, 0.3) is 16.0 Å². The first kappa shape index (κ1) is 25.5. The van der Waals surface area contributed by atoms with Gasteiger partial charge in [-0.15, -0.1) is 0 Å². The van der Waals surface area contributed by atoms with Crippen molar-refractivity contribution in [1.29, 1.82) is 0 Å². The molecule has 33 heavy (non-hydrogen) atoms. The first-order valence-electron chi connectivity index (χ1n) is 10.1. The summed E-state index contributed by atoms with van der Waals surface area (Å²) < 4.78 is 64.4. The van der Waals surface area contributed by atoms with Crippen molar-refractivity contribution in [2.75, 3.05) is 19.7 Å². The lowest BCUT2D eigenvalue weighted by molar-refractivity contribution is -0.139. The fourth-order valence-corrected chi connectivity index (χ4v) is 4.73. The molecule has 1 aromatic carbocycles. The third-order valence-electron chi connectivity index (χ3n) is 5.37. The second kappa shape index (κ2) is 10.4. The lowest BCUT2D eigenvalue weighted by Crippen LogP contribution is -2.58. The quantitative estimate of drug-likeness (QED) is 0.532. The number of hydrogen-bond acceptors (Lipinski definition) is 6. The summed E-state index contributed by atoms with van der Waals surface area (Å²) in [5, 5.41) is 0. The molecule has 8 nitrogen and oxygen atoms in total. The van der Waals surface area contributed by atoms with Gasteiger partial charge in [-0.3, -0.25) is 14.2 Å². The lowest BCUT2D eigenvalue weighted by atomic mass is 10.1. The number of piperazine rings is 1. The van der Waals surface area contributed by atoms with Gasteiger partial charge in [0.1, 0.15) is 5.75 Å². The molecule has 0 radical (unpaired) electrons. The second-order valence-electron chi connectivity index (χ2n) is 8.05. The molecule has 1 amide bonds. The van der Waals surface area contributed by atoms with Gasteiger partial charge in [-0.2, -0.15) is 8.42 Å². The maximum absolute atomic E-state index is 13.5. The van der Waals surface area contributed by atoms with E-state index in [1.807, 2.05) is 13.8 Å². The topological polar surface area (TPSA) is 100 Å². The van der Waals surface area contributed by atoms with Gasteiger partial charge in [0.2, 0.25) is 5.88 Å². The van der Waals surface area contributed by atoms with Crippen molar-refractivity contribution in [3.05, 3.63) is 57.7 Å². The van der Waals surface area contributed by atoms with Gasteiger partial charge in [0.15, 0.2) is 18.2 Å². The molecule has 0 spiro atoms. The van der Waals surface area contributed by atoms with Crippen molar-refractivity contribution in [3.63, 3.8) is 0 Å². The number of pyridine rings is 1. The molecule has 12 heteroatoms. The molecule has 0 saturated carbocycles. The van der Waals surface area contributed by atoms with Crippen LogP contribution in [-0.2, 0) is 27.2 Å². The van der Waals surface area contributed by atoms with E-state index in [2.05, 4.69) is 25.8 Å². The smallest absolute Gasteiger partial charge is 0.269 e. The highest BCUT2D eigenvalue weighted by Gasteiger charge is 2.32. The monoisotopic (exact) mass is 547 g/mol. The zero-order chi connectivity index (χ0) is 24.3. The molecule has 0 bridgehead atoms. The van der Waals surface area contributed by atoms with E-state index < -0.39 is 27.5 Å². The molecule has 2 heterocycles.